The summed E-state index contributed by atoms with van der Waals surface area (Å²) < 4.78 is 35.0. The molecule has 0 aromatic heterocycles. The third-order valence-electron chi connectivity index (χ3n) is 6.87. The Bertz CT molecular complexity index is 1310. The van der Waals surface area contributed by atoms with E-state index in [1.54, 1.807) is 13.8 Å². The zero-order valence-electron chi connectivity index (χ0n) is 23.2. The molecule has 10 heteroatoms. The van der Waals surface area contributed by atoms with Crippen LogP contribution in [0.15, 0.2) is 40.2 Å². The number of nitrogens with zero attached hydrogens (tertiary/aromatic N) is 1. The van der Waals surface area contributed by atoms with Gasteiger partial charge in [0.05, 0.1) is 10.9 Å². The van der Waals surface area contributed by atoms with Crippen molar-refractivity contribution in [2.75, 3.05) is 6.54 Å². The van der Waals surface area contributed by atoms with Crippen LogP contribution in [0.1, 0.15) is 61.4 Å². The topological polar surface area (TPSA) is 149 Å². The maximum absolute atomic E-state index is 13.3. The van der Waals surface area contributed by atoms with Crippen LogP contribution in [0.4, 0.5) is 0 Å². The fourth-order valence-electron chi connectivity index (χ4n) is 4.88. The number of aliphatic imine (C=N–C) groups is 1. The van der Waals surface area contributed by atoms with Crippen LogP contribution in [-0.4, -0.2) is 44.5 Å². The molecule has 6 N–H and O–H groups in total. The first-order valence-electron chi connectivity index (χ1n) is 13.0. The number of sulfonamides is 1. The minimum Gasteiger partial charge on any atom is -0.487 e. The second-order valence-corrected chi connectivity index (χ2v) is 12.4. The number of rotatable bonds is 10. The highest BCUT2D eigenvalue weighted by Gasteiger charge is 2.36. The average molecular weight is 544 g/mol. The predicted octanol–water partition coefficient (Wildman–Crippen LogP) is 2.77. The van der Waals surface area contributed by atoms with E-state index in [-0.39, 0.29) is 29.3 Å². The molecule has 0 saturated heterocycles. The lowest BCUT2D eigenvalue weighted by molar-refractivity contribution is -0.123. The number of guanidine groups is 1. The fraction of sp³-hybridized carbons (Fsp3) is 0.500. The van der Waals surface area contributed by atoms with Gasteiger partial charge in [-0.25, -0.2) is 13.1 Å². The van der Waals surface area contributed by atoms with Gasteiger partial charge in [-0.3, -0.25) is 9.79 Å². The number of carbonyl (C=O) groups is 1. The van der Waals surface area contributed by atoms with Gasteiger partial charge >= 0.3 is 0 Å². The fourth-order valence-corrected chi connectivity index (χ4v) is 6.40. The highest BCUT2D eigenvalue weighted by Crippen LogP contribution is 2.43. The van der Waals surface area contributed by atoms with Crippen LogP contribution < -0.4 is 26.2 Å². The first kappa shape index (κ1) is 29.4. The van der Waals surface area contributed by atoms with E-state index in [1.807, 2.05) is 58.0 Å². The van der Waals surface area contributed by atoms with Gasteiger partial charge in [0.15, 0.2) is 0 Å². The standard InChI is InChI=1S/C28H41N5O4S/c1-17(15-21-11-8-7-9-12-21)32-26(34)23(29)13-10-14-31-27(30)33-38(35,36)25-19(3)18(2)24-22(20(25)4)16-28(5,6)37-24/h7-9,11-12,17,23H,10,13-16,29H2,1-6H3,(H,32,34)(H3,30,31,33)/t17-,23?/m1/s1. The zero-order chi connectivity index (χ0) is 28.3. The molecule has 9 nitrogen and oxygen atoms in total. The summed E-state index contributed by atoms with van der Waals surface area (Å²) in [5.41, 5.74) is 15.7. The number of carbonyl (C=O) groups excluding carboxylic acids is 1. The number of amides is 1. The third-order valence-corrected chi connectivity index (χ3v) is 8.49. The smallest absolute Gasteiger partial charge is 0.264 e. The Morgan fingerprint density at radius 3 is 2.45 bits per heavy atom. The number of nitrogens with one attached hydrogen (secondary N) is 2. The van der Waals surface area contributed by atoms with Crippen LogP contribution in [0.25, 0.3) is 0 Å². The summed E-state index contributed by atoms with van der Waals surface area (Å²) in [7, 11) is -3.96. The molecule has 1 heterocycles. The largest absolute Gasteiger partial charge is 0.487 e. The second-order valence-electron chi connectivity index (χ2n) is 10.8. The van der Waals surface area contributed by atoms with Gasteiger partial charge in [-0.1, -0.05) is 30.3 Å². The highest BCUT2D eigenvalue weighted by atomic mass is 32.2. The molecule has 0 fully saturated rings. The number of nitrogens with two attached hydrogens (primary N) is 2. The number of hydrogen-bond acceptors (Lipinski definition) is 6. The molecule has 208 valence electrons. The number of benzene rings is 2. The molecular weight excluding hydrogens is 502 g/mol. The van der Waals surface area contributed by atoms with Gasteiger partial charge in [0.1, 0.15) is 11.4 Å². The van der Waals surface area contributed by atoms with Crippen LogP contribution in [0.3, 0.4) is 0 Å². The van der Waals surface area contributed by atoms with Crippen LogP contribution in [-0.2, 0) is 27.7 Å². The molecule has 1 amide bonds. The minimum atomic E-state index is -3.96. The molecule has 0 aliphatic carbocycles. The van der Waals surface area contributed by atoms with Crippen molar-refractivity contribution in [3.63, 3.8) is 0 Å². The maximum atomic E-state index is 13.3. The van der Waals surface area contributed by atoms with Crippen LogP contribution in [0.5, 0.6) is 5.75 Å². The molecule has 38 heavy (non-hydrogen) atoms. The first-order valence-corrected chi connectivity index (χ1v) is 14.4. The van der Waals surface area contributed by atoms with E-state index in [0.29, 0.717) is 36.8 Å². The first-order chi connectivity index (χ1) is 17.7. The van der Waals surface area contributed by atoms with E-state index in [9.17, 15) is 13.2 Å². The Morgan fingerprint density at radius 1 is 1.13 bits per heavy atom. The molecule has 2 aromatic rings. The lowest BCUT2D eigenvalue weighted by Gasteiger charge is -2.19. The Balaban J connectivity index is 1.55. The van der Waals surface area contributed by atoms with Crippen LogP contribution in [0.2, 0.25) is 0 Å². The van der Waals surface area contributed by atoms with Gasteiger partial charge in [-0.2, -0.15) is 0 Å². The molecule has 0 bridgehead atoms. The minimum absolute atomic E-state index is 0.0496. The van der Waals surface area contributed by atoms with Crippen LogP contribution >= 0.6 is 0 Å². The Hall–Kier alpha value is -3.11. The Labute approximate surface area is 226 Å². The maximum Gasteiger partial charge on any atom is 0.264 e. The quantitative estimate of drug-likeness (QED) is 0.206. The average Bonchev–Trinajstić information content (AvgIpc) is 3.16. The van der Waals surface area contributed by atoms with E-state index in [2.05, 4.69) is 15.0 Å². The monoisotopic (exact) mass is 543 g/mol. The molecule has 1 aliphatic rings. The van der Waals surface area contributed by atoms with Crippen molar-refractivity contribution in [1.82, 2.24) is 10.0 Å². The predicted molar refractivity (Wildman–Crippen MR) is 151 cm³/mol. The van der Waals surface area contributed by atoms with E-state index in [4.69, 9.17) is 16.2 Å². The van der Waals surface area contributed by atoms with Crippen molar-refractivity contribution < 1.29 is 17.9 Å². The molecule has 2 aromatic carbocycles. The SMILES string of the molecule is Cc1c(C)c(S(=O)(=O)NC(N)=NCCCC(N)C(=O)N[C@H](C)Cc2ccccc2)c(C)c2c1OC(C)(C)C2. The molecular formula is C28H41N5O4S. The van der Waals surface area contributed by atoms with Crippen molar-refractivity contribution in [3.05, 3.63) is 58.1 Å². The Kier molecular flexibility index (Phi) is 9.09. The second kappa shape index (κ2) is 11.7. The molecule has 1 unspecified atom stereocenters. The van der Waals surface area contributed by atoms with E-state index < -0.39 is 21.7 Å². The number of ether oxygens (including phenoxy) is 1. The summed E-state index contributed by atoms with van der Waals surface area (Å²) in [5, 5.41) is 2.94. The lowest BCUT2D eigenvalue weighted by atomic mass is 9.94. The summed E-state index contributed by atoms with van der Waals surface area (Å²) >= 11 is 0. The highest BCUT2D eigenvalue weighted by molar-refractivity contribution is 7.90. The van der Waals surface area contributed by atoms with Gasteiger partial charge < -0.3 is 21.5 Å². The van der Waals surface area contributed by atoms with E-state index in [0.717, 1.165) is 22.4 Å². The summed E-state index contributed by atoms with van der Waals surface area (Å²) in [6.07, 6.45) is 2.21. The van der Waals surface area contributed by atoms with Gasteiger partial charge in [0.2, 0.25) is 11.9 Å². The molecule has 0 spiro atoms. The molecule has 0 radical (unpaired) electrons. The van der Waals surface area contributed by atoms with E-state index >= 15 is 0 Å². The normalized spacial score (nSPS) is 16.3. The third kappa shape index (κ3) is 7.05. The van der Waals surface area contributed by atoms with Crippen molar-refractivity contribution in [3.8, 4) is 5.75 Å². The van der Waals surface area contributed by atoms with Gasteiger partial charge in [0, 0.05) is 24.6 Å². The lowest BCUT2D eigenvalue weighted by Crippen LogP contribution is -2.45. The Morgan fingerprint density at radius 2 is 1.79 bits per heavy atom. The van der Waals surface area contributed by atoms with Gasteiger partial charge in [0.25, 0.3) is 10.0 Å². The van der Waals surface area contributed by atoms with Crippen LogP contribution in [0, 0.1) is 20.8 Å². The van der Waals surface area contributed by atoms with Crippen molar-refractivity contribution in [2.24, 2.45) is 16.5 Å². The molecule has 1 aliphatic heterocycles. The van der Waals surface area contributed by atoms with Gasteiger partial charge in [-0.05, 0) is 83.1 Å². The molecule has 2 atom stereocenters. The summed E-state index contributed by atoms with van der Waals surface area (Å²) in [4.78, 5) is 16.8. The number of hydrogen-bond donors (Lipinski definition) is 4. The van der Waals surface area contributed by atoms with Crippen molar-refractivity contribution >= 4 is 21.9 Å². The van der Waals surface area contributed by atoms with Gasteiger partial charge in [-0.15, -0.1) is 0 Å². The summed E-state index contributed by atoms with van der Waals surface area (Å²) in [6.45, 7) is 11.6. The van der Waals surface area contributed by atoms with Crippen molar-refractivity contribution in [2.45, 2.75) is 89.8 Å². The summed E-state index contributed by atoms with van der Waals surface area (Å²) in [5.74, 6) is 0.338. The summed E-state index contributed by atoms with van der Waals surface area (Å²) in [6, 6.07) is 9.18. The number of fused-ring (bicyclic) bond motifs is 1. The van der Waals surface area contributed by atoms with Crippen molar-refractivity contribution in [1.29, 1.82) is 0 Å². The van der Waals surface area contributed by atoms with E-state index in [1.165, 1.54) is 0 Å². The zero-order valence-corrected chi connectivity index (χ0v) is 24.0. The molecule has 0 saturated carbocycles. The molecule has 3 rings (SSSR count).